The van der Waals surface area contributed by atoms with Gasteiger partial charge in [0.2, 0.25) is 0 Å². The normalized spacial score (nSPS) is 12.4. The summed E-state index contributed by atoms with van der Waals surface area (Å²) in [6.07, 6.45) is 5.23. The second-order valence-corrected chi connectivity index (χ2v) is 7.87. The molecule has 0 amide bonds. The summed E-state index contributed by atoms with van der Waals surface area (Å²) < 4.78 is 0. The summed E-state index contributed by atoms with van der Waals surface area (Å²) in [7, 11) is 4.15. The van der Waals surface area contributed by atoms with Crippen molar-refractivity contribution in [1.29, 1.82) is 0 Å². The molecule has 136 valence electrons. The van der Waals surface area contributed by atoms with Crippen LogP contribution >= 0.6 is 22.9 Å². The average molecular weight is 396 g/mol. The van der Waals surface area contributed by atoms with E-state index >= 15 is 0 Å². The van der Waals surface area contributed by atoms with E-state index < -0.39 is 0 Å². The number of benzene rings is 1. The Balaban J connectivity index is 1.88. The molecule has 0 bridgehead atoms. The van der Waals surface area contributed by atoms with E-state index in [0.29, 0.717) is 0 Å². The largest absolute Gasteiger partial charge is 0.327 e. The van der Waals surface area contributed by atoms with Crippen molar-refractivity contribution < 1.29 is 0 Å². The summed E-state index contributed by atoms with van der Waals surface area (Å²) >= 11 is 7.80. The molecule has 7 heteroatoms. The topological polar surface area (TPSA) is 57.7 Å². The van der Waals surface area contributed by atoms with Crippen molar-refractivity contribution in [3.8, 4) is 21.1 Å². The van der Waals surface area contributed by atoms with Crippen molar-refractivity contribution >= 4 is 22.9 Å². The molecular weight excluding hydrogens is 378 g/mol. The van der Waals surface area contributed by atoms with Crippen LogP contribution < -0.4 is 0 Å². The van der Waals surface area contributed by atoms with Crippen LogP contribution in [-0.2, 0) is 0 Å². The number of H-pyrrole nitrogens is 1. The third-order valence-corrected chi connectivity index (χ3v) is 5.81. The van der Waals surface area contributed by atoms with Crippen LogP contribution in [0.2, 0.25) is 5.02 Å². The van der Waals surface area contributed by atoms with Crippen LogP contribution in [0.15, 0.2) is 61.2 Å². The number of hydrogen-bond donors (Lipinski definition) is 1. The van der Waals surface area contributed by atoms with Gasteiger partial charge >= 0.3 is 0 Å². The van der Waals surface area contributed by atoms with E-state index in [1.54, 1.807) is 17.7 Å². The molecule has 4 rings (SSSR count). The number of pyridine rings is 1. The lowest BCUT2D eigenvalue weighted by atomic mass is 9.97. The highest BCUT2D eigenvalue weighted by molar-refractivity contribution is 7.19. The van der Waals surface area contributed by atoms with Gasteiger partial charge in [0.05, 0.1) is 10.9 Å². The minimum Gasteiger partial charge on any atom is -0.327 e. The van der Waals surface area contributed by atoms with Gasteiger partial charge in [0.1, 0.15) is 6.33 Å². The molecule has 27 heavy (non-hydrogen) atoms. The first kappa shape index (κ1) is 17.9. The van der Waals surface area contributed by atoms with Crippen molar-refractivity contribution in [3.05, 3.63) is 77.3 Å². The van der Waals surface area contributed by atoms with Gasteiger partial charge in [-0.05, 0) is 61.1 Å². The summed E-state index contributed by atoms with van der Waals surface area (Å²) in [6.45, 7) is 0. The van der Waals surface area contributed by atoms with Gasteiger partial charge in [-0.15, -0.1) is 21.5 Å². The Morgan fingerprint density at radius 1 is 1.07 bits per heavy atom. The maximum atomic E-state index is 6.10. The summed E-state index contributed by atoms with van der Waals surface area (Å²) in [5.74, 6) is 0.774. The lowest BCUT2D eigenvalue weighted by Gasteiger charge is -2.25. The fourth-order valence-electron chi connectivity index (χ4n) is 3.17. The predicted octanol–water partition coefficient (Wildman–Crippen LogP) is 4.90. The molecule has 0 aliphatic rings. The summed E-state index contributed by atoms with van der Waals surface area (Å²) in [5.41, 5.74) is 3.48. The summed E-state index contributed by atoms with van der Waals surface area (Å²) in [6, 6.07) is 14.3. The SMILES string of the molecule is CN(C)C(c1ccc(Cl)cc1)c1cc(-c2ccncc2)sc1-c1nnc[nH]1. The van der Waals surface area contributed by atoms with Gasteiger partial charge in [0.25, 0.3) is 0 Å². The first-order valence-corrected chi connectivity index (χ1v) is 9.65. The van der Waals surface area contributed by atoms with Gasteiger partial charge in [-0.2, -0.15) is 0 Å². The van der Waals surface area contributed by atoms with E-state index in [2.05, 4.69) is 57.4 Å². The number of rotatable bonds is 5. The Morgan fingerprint density at radius 3 is 2.44 bits per heavy atom. The molecule has 1 unspecified atom stereocenters. The molecule has 0 aliphatic carbocycles. The van der Waals surface area contributed by atoms with Crippen LogP contribution in [0, 0.1) is 0 Å². The fraction of sp³-hybridized carbons (Fsp3) is 0.150. The molecule has 5 nitrogen and oxygen atoms in total. The van der Waals surface area contributed by atoms with E-state index in [0.717, 1.165) is 21.3 Å². The molecule has 0 radical (unpaired) electrons. The molecule has 0 spiro atoms. The van der Waals surface area contributed by atoms with E-state index in [-0.39, 0.29) is 6.04 Å². The lowest BCUT2D eigenvalue weighted by Crippen LogP contribution is -2.21. The van der Waals surface area contributed by atoms with Crippen molar-refractivity contribution in [2.45, 2.75) is 6.04 Å². The number of nitrogens with one attached hydrogen (secondary N) is 1. The average Bonchev–Trinajstić information content (AvgIpc) is 3.34. The van der Waals surface area contributed by atoms with Crippen molar-refractivity contribution in [1.82, 2.24) is 25.1 Å². The zero-order chi connectivity index (χ0) is 18.8. The molecular formula is C20H18ClN5S. The molecule has 3 heterocycles. The van der Waals surface area contributed by atoms with E-state index in [1.165, 1.54) is 16.0 Å². The molecule has 1 aromatic carbocycles. The Labute approximate surface area is 166 Å². The Kier molecular flexibility index (Phi) is 5.03. The Bertz CT molecular complexity index is 1010. The molecule has 4 aromatic rings. The van der Waals surface area contributed by atoms with Crippen molar-refractivity contribution in [3.63, 3.8) is 0 Å². The van der Waals surface area contributed by atoms with Crippen LogP contribution in [0.25, 0.3) is 21.1 Å². The zero-order valence-electron chi connectivity index (χ0n) is 14.9. The van der Waals surface area contributed by atoms with Gasteiger partial charge < -0.3 is 4.98 Å². The van der Waals surface area contributed by atoms with Gasteiger partial charge in [-0.3, -0.25) is 9.88 Å². The maximum Gasteiger partial charge on any atom is 0.171 e. The molecule has 1 atom stereocenters. The zero-order valence-corrected chi connectivity index (χ0v) is 16.5. The quantitative estimate of drug-likeness (QED) is 0.522. The first-order chi connectivity index (χ1) is 13.1. The third-order valence-electron chi connectivity index (χ3n) is 4.35. The van der Waals surface area contributed by atoms with E-state index in [9.17, 15) is 0 Å². The van der Waals surface area contributed by atoms with Gasteiger partial charge in [0.15, 0.2) is 5.82 Å². The first-order valence-electron chi connectivity index (χ1n) is 8.46. The Hall–Kier alpha value is -2.54. The second-order valence-electron chi connectivity index (χ2n) is 6.39. The standard InChI is InChI=1S/C20H18ClN5S/c1-26(2)18(14-3-5-15(21)6-4-14)16-11-17(13-7-9-22-10-8-13)27-19(16)20-23-12-24-25-20/h3-12,18H,1-2H3,(H,23,24,25). The molecule has 1 N–H and O–H groups in total. The van der Waals surface area contributed by atoms with E-state index in [4.69, 9.17) is 11.6 Å². The number of nitrogens with zero attached hydrogens (tertiary/aromatic N) is 4. The van der Waals surface area contributed by atoms with Gasteiger partial charge in [0, 0.05) is 22.3 Å². The Morgan fingerprint density at radius 2 is 1.81 bits per heavy atom. The third kappa shape index (κ3) is 3.64. The molecule has 0 saturated carbocycles. The highest BCUT2D eigenvalue weighted by atomic mass is 35.5. The van der Waals surface area contributed by atoms with Crippen LogP contribution in [0.4, 0.5) is 0 Å². The maximum absolute atomic E-state index is 6.10. The predicted molar refractivity (Wildman–Crippen MR) is 110 cm³/mol. The van der Waals surface area contributed by atoms with Crippen LogP contribution in [0.3, 0.4) is 0 Å². The number of aromatic amines is 1. The summed E-state index contributed by atoms with van der Waals surface area (Å²) in [4.78, 5) is 11.7. The summed E-state index contributed by atoms with van der Waals surface area (Å²) in [5, 5.41) is 8.96. The number of hydrogen-bond acceptors (Lipinski definition) is 5. The van der Waals surface area contributed by atoms with Gasteiger partial charge in [-0.25, -0.2) is 0 Å². The van der Waals surface area contributed by atoms with Crippen LogP contribution in [0.1, 0.15) is 17.2 Å². The number of halogens is 1. The monoisotopic (exact) mass is 395 g/mol. The molecule has 0 saturated heterocycles. The highest BCUT2D eigenvalue weighted by Gasteiger charge is 2.25. The molecule has 0 fully saturated rings. The number of thiophene rings is 1. The number of aromatic nitrogens is 4. The minimum atomic E-state index is 0.0641. The molecule has 3 aromatic heterocycles. The van der Waals surface area contributed by atoms with Crippen LogP contribution in [-0.4, -0.2) is 39.2 Å². The smallest absolute Gasteiger partial charge is 0.171 e. The minimum absolute atomic E-state index is 0.0641. The van der Waals surface area contributed by atoms with Gasteiger partial charge in [-0.1, -0.05) is 23.7 Å². The second kappa shape index (κ2) is 7.60. The van der Waals surface area contributed by atoms with Crippen molar-refractivity contribution in [2.24, 2.45) is 0 Å². The lowest BCUT2D eigenvalue weighted by molar-refractivity contribution is 0.343. The van der Waals surface area contributed by atoms with Crippen molar-refractivity contribution in [2.75, 3.05) is 14.1 Å². The van der Waals surface area contributed by atoms with Crippen LogP contribution in [0.5, 0.6) is 0 Å². The highest BCUT2D eigenvalue weighted by Crippen LogP contribution is 2.42. The fourth-order valence-corrected chi connectivity index (χ4v) is 4.44. The van der Waals surface area contributed by atoms with E-state index in [1.807, 2.05) is 36.7 Å². The molecule has 0 aliphatic heterocycles.